The van der Waals surface area contributed by atoms with Crippen LogP contribution in [-0.2, 0) is 19.6 Å². The van der Waals surface area contributed by atoms with Crippen molar-refractivity contribution in [2.75, 3.05) is 19.8 Å². The van der Waals surface area contributed by atoms with Crippen LogP contribution in [0, 0.1) is 13.8 Å². The van der Waals surface area contributed by atoms with Crippen LogP contribution >= 0.6 is 0 Å². The van der Waals surface area contributed by atoms with Gasteiger partial charge in [-0.2, -0.15) is 0 Å². The maximum Gasteiger partial charge on any atom is 0.307 e. The Labute approximate surface area is 199 Å². The minimum atomic E-state index is -3.78. The molecule has 0 aliphatic rings. The van der Waals surface area contributed by atoms with E-state index in [0.29, 0.717) is 17.9 Å². The molecule has 0 fully saturated rings. The predicted octanol–water partition coefficient (Wildman–Crippen LogP) is 3.59. The van der Waals surface area contributed by atoms with Crippen LogP contribution in [0.15, 0.2) is 65.6 Å². The van der Waals surface area contributed by atoms with Gasteiger partial charge in [0, 0.05) is 29.2 Å². The van der Waals surface area contributed by atoms with Crippen LogP contribution in [0.25, 0.3) is 5.69 Å². The molecule has 1 N–H and O–H groups in total. The standard InChI is InChI=1S/C25H28N2O6S/c1-4-32-21-10-12-22(13-11-21)34(30,31)26-15-14-25(29)33-17-24(28)23-16-18(2)27(19(23)3)20-8-6-5-7-9-20/h5-13,16,26H,4,14-15,17H2,1-3H3. The number of carbonyl (C=O) groups is 2. The number of ketones is 1. The average molecular weight is 485 g/mol. The highest BCUT2D eigenvalue weighted by atomic mass is 32.2. The number of hydrogen-bond donors (Lipinski definition) is 1. The molecule has 8 nitrogen and oxygen atoms in total. The van der Waals surface area contributed by atoms with Crippen LogP contribution in [0.3, 0.4) is 0 Å². The number of ether oxygens (including phenoxy) is 2. The third kappa shape index (κ3) is 6.12. The minimum absolute atomic E-state index is 0.0632. The van der Waals surface area contributed by atoms with Gasteiger partial charge in [-0.25, -0.2) is 13.1 Å². The first kappa shape index (κ1) is 25.2. The number of para-hydroxylation sites is 1. The fourth-order valence-corrected chi connectivity index (χ4v) is 4.60. The molecule has 0 amide bonds. The Morgan fingerprint density at radius 2 is 1.68 bits per heavy atom. The van der Waals surface area contributed by atoms with E-state index in [-0.39, 0.29) is 23.6 Å². The number of Topliss-reactive ketones (excluding diaryl/α,β-unsaturated/α-hetero) is 1. The Morgan fingerprint density at radius 1 is 1.00 bits per heavy atom. The predicted molar refractivity (Wildman–Crippen MR) is 128 cm³/mol. The molecule has 0 aliphatic heterocycles. The first-order valence-corrected chi connectivity index (χ1v) is 12.4. The Bertz CT molecular complexity index is 1250. The molecular formula is C25H28N2O6S. The van der Waals surface area contributed by atoms with Crippen molar-refractivity contribution < 1.29 is 27.5 Å². The minimum Gasteiger partial charge on any atom is -0.494 e. The Hall–Kier alpha value is -3.43. The van der Waals surface area contributed by atoms with E-state index in [2.05, 4.69) is 4.72 Å². The highest BCUT2D eigenvalue weighted by Crippen LogP contribution is 2.21. The van der Waals surface area contributed by atoms with Crippen molar-refractivity contribution in [1.29, 1.82) is 0 Å². The molecule has 0 aliphatic carbocycles. The third-order valence-electron chi connectivity index (χ3n) is 5.18. The lowest BCUT2D eigenvalue weighted by Gasteiger charge is -2.10. The summed E-state index contributed by atoms with van der Waals surface area (Å²) >= 11 is 0. The van der Waals surface area contributed by atoms with Gasteiger partial charge in [-0.1, -0.05) is 18.2 Å². The summed E-state index contributed by atoms with van der Waals surface area (Å²) in [6.07, 6.45) is -0.202. The summed E-state index contributed by atoms with van der Waals surface area (Å²) in [7, 11) is -3.78. The second-order valence-corrected chi connectivity index (χ2v) is 9.36. The van der Waals surface area contributed by atoms with Gasteiger partial charge in [-0.3, -0.25) is 9.59 Å². The number of carbonyl (C=O) groups excluding carboxylic acids is 2. The van der Waals surface area contributed by atoms with Gasteiger partial charge in [0.25, 0.3) is 0 Å². The van der Waals surface area contributed by atoms with Gasteiger partial charge < -0.3 is 14.0 Å². The molecule has 9 heteroatoms. The van der Waals surface area contributed by atoms with Crippen LogP contribution in [-0.4, -0.2) is 44.5 Å². The highest BCUT2D eigenvalue weighted by molar-refractivity contribution is 7.89. The van der Waals surface area contributed by atoms with Gasteiger partial charge in [0.1, 0.15) is 5.75 Å². The number of esters is 1. The van der Waals surface area contributed by atoms with Crippen LogP contribution in [0.4, 0.5) is 0 Å². The van der Waals surface area contributed by atoms with Crippen molar-refractivity contribution in [3.05, 3.63) is 77.6 Å². The second kappa shape index (κ2) is 11.1. The number of nitrogens with one attached hydrogen (secondary N) is 1. The van der Waals surface area contributed by atoms with Crippen LogP contribution in [0.1, 0.15) is 35.1 Å². The molecule has 180 valence electrons. The zero-order chi connectivity index (χ0) is 24.7. The molecular weight excluding hydrogens is 456 g/mol. The van der Waals surface area contributed by atoms with Gasteiger partial charge in [0.15, 0.2) is 6.61 Å². The zero-order valence-corrected chi connectivity index (χ0v) is 20.2. The van der Waals surface area contributed by atoms with E-state index in [1.807, 2.05) is 55.7 Å². The zero-order valence-electron chi connectivity index (χ0n) is 19.4. The quantitative estimate of drug-likeness (QED) is 0.330. The summed E-state index contributed by atoms with van der Waals surface area (Å²) in [5, 5.41) is 0. The molecule has 3 aromatic rings. The van der Waals surface area contributed by atoms with Gasteiger partial charge in [0.05, 0.1) is 17.9 Å². The van der Waals surface area contributed by atoms with Crippen molar-refractivity contribution in [3.63, 3.8) is 0 Å². The largest absolute Gasteiger partial charge is 0.494 e. The van der Waals surface area contributed by atoms with Crippen LogP contribution < -0.4 is 9.46 Å². The monoisotopic (exact) mass is 484 g/mol. The van der Waals surface area contributed by atoms with E-state index in [1.165, 1.54) is 12.1 Å². The molecule has 0 unspecified atom stereocenters. The summed E-state index contributed by atoms with van der Waals surface area (Å²) in [5.74, 6) is -0.419. The van der Waals surface area contributed by atoms with E-state index >= 15 is 0 Å². The van der Waals surface area contributed by atoms with Crippen molar-refractivity contribution in [2.45, 2.75) is 32.1 Å². The van der Waals surface area contributed by atoms with Crippen molar-refractivity contribution in [3.8, 4) is 11.4 Å². The first-order chi connectivity index (χ1) is 16.2. The number of sulfonamides is 1. The normalized spacial score (nSPS) is 11.3. The fourth-order valence-electron chi connectivity index (χ4n) is 3.57. The van der Waals surface area contributed by atoms with Crippen molar-refractivity contribution in [1.82, 2.24) is 9.29 Å². The Kier molecular flexibility index (Phi) is 8.25. The number of rotatable bonds is 11. The van der Waals surface area contributed by atoms with E-state index in [4.69, 9.17) is 9.47 Å². The van der Waals surface area contributed by atoms with Gasteiger partial charge >= 0.3 is 5.97 Å². The maximum absolute atomic E-state index is 12.6. The Balaban J connectivity index is 1.51. The van der Waals surface area contributed by atoms with Gasteiger partial charge in [0.2, 0.25) is 15.8 Å². The SMILES string of the molecule is CCOc1ccc(S(=O)(=O)NCCC(=O)OCC(=O)c2cc(C)n(-c3ccccc3)c2C)cc1. The highest BCUT2D eigenvalue weighted by Gasteiger charge is 2.19. The van der Waals surface area contributed by atoms with E-state index in [0.717, 1.165) is 17.1 Å². The topological polar surface area (TPSA) is 104 Å². The fraction of sp³-hybridized carbons (Fsp3) is 0.280. The average Bonchev–Trinajstić information content (AvgIpc) is 3.12. The molecule has 1 aromatic heterocycles. The van der Waals surface area contributed by atoms with E-state index in [9.17, 15) is 18.0 Å². The lowest BCUT2D eigenvalue weighted by molar-refractivity contribution is -0.142. The van der Waals surface area contributed by atoms with Crippen LogP contribution in [0.2, 0.25) is 0 Å². The summed E-state index contributed by atoms with van der Waals surface area (Å²) in [6, 6.07) is 17.4. The number of aromatic nitrogens is 1. The number of nitrogens with zero attached hydrogens (tertiary/aromatic N) is 1. The lowest BCUT2D eigenvalue weighted by atomic mass is 10.1. The number of hydrogen-bond acceptors (Lipinski definition) is 6. The molecule has 0 saturated carbocycles. The van der Waals surface area contributed by atoms with E-state index < -0.39 is 22.6 Å². The molecule has 0 bridgehead atoms. The molecule has 0 spiro atoms. The number of benzene rings is 2. The summed E-state index contributed by atoms with van der Waals surface area (Å²) < 4.78 is 39.4. The summed E-state index contributed by atoms with van der Waals surface area (Å²) in [4.78, 5) is 24.8. The van der Waals surface area contributed by atoms with Crippen molar-refractivity contribution in [2.24, 2.45) is 0 Å². The van der Waals surface area contributed by atoms with Crippen molar-refractivity contribution >= 4 is 21.8 Å². The van der Waals surface area contributed by atoms with Crippen LogP contribution in [0.5, 0.6) is 5.75 Å². The molecule has 2 aromatic carbocycles. The first-order valence-electron chi connectivity index (χ1n) is 10.9. The molecule has 34 heavy (non-hydrogen) atoms. The van der Waals surface area contributed by atoms with Gasteiger partial charge in [-0.15, -0.1) is 0 Å². The summed E-state index contributed by atoms with van der Waals surface area (Å²) in [5.41, 5.74) is 3.06. The molecule has 0 saturated heterocycles. The second-order valence-electron chi connectivity index (χ2n) is 7.59. The molecule has 0 radical (unpaired) electrons. The summed E-state index contributed by atoms with van der Waals surface area (Å²) in [6.45, 7) is 5.49. The maximum atomic E-state index is 12.6. The molecule has 0 atom stereocenters. The smallest absolute Gasteiger partial charge is 0.307 e. The third-order valence-corrected chi connectivity index (χ3v) is 6.65. The van der Waals surface area contributed by atoms with Gasteiger partial charge in [-0.05, 0) is 63.2 Å². The van der Waals surface area contributed by atoms with E-state index in [1.54, 1.807) is 18.2 Å². The molecule has 3 rings (SSSR count). The number of aryl methyl sites for hydroxylation is 1. The Morgan fingerprint density at radius 3 is 2.32 bits per heavy atom. The lowest BCUT2D eigenvalue weighted by Crippen LogP contribution is -2.27. The molecule has 1 heterocycles.